The summed E-state index contributed by atoms with van der Waals surface area (Å²) >= 11 is 31.4. The van der Waals surface area contributed by atoms with Gasteiger partial charge < -0.3 is 5.32 Å². The lowest BCUT2D eigenvalue weighted by Crippen LogP contribution is -2.17. The van der Waals surface area contributed by atoms with E-state index in [1.807, 2.05) is 0 Å². The molecule has 3 nitrogen and oxygen atoms in total. The second-order valence-electron chi connectivity index (χ2n) is 8.17. The molecule has 2 atom stereocenters. The Morgan fingerprint density at radius 3 is 2.29 bits per heavy atom. The van der Waals surface area contributed by atoms with Crippen LogP contribution in [0.25, 0.3) is 0 Å². The molecule has 0 saturated heterocycles. The van der Waals surface area contributed by atoms with Crippen LogP contribution in [0.5, 0.6) is 0 Å². The van der Waals surface area contributed by atoms with Gasteiger partial charge in [-0.25, -0.2) is 4.39 Å². The number of Topliss-reactive ketones (excluding diaryl/α,β-unsaturated/α-hetero) is 1. The third-order valence-electron chi connectivity index (χ3n) is 5.74. The van der Waals surface area contributed by atoms with E-state index in [0.717, 1.165) is 5.56 Å². The molecule has 0 aliphatic heterocycles. The second kappa shape index (κ2) is 9.67. The number of hydrogen-bond donors (Lipinski definition) is 1. The summed E-state index contributed by atoms with van der Waals surface area (Å²) in [7, 11) is 0. The SMILES string of the molecule is Cc1cc(C2C(C(=O)Nc3ccc(Cl)c(C(=O)Cc4ccc(F)cc4)c3)C2(Cl)Cl)cc(Cl)c1Cl. The minimum Gasteiger partial charge on any atom is -0.326 e. The van der Waals surface area contributed by atoms with Gasteiger partial charge in [-0.05, 0) is 60.0 Å². The van der Waals surface area contributed by atoms with Gasteiger partial charge in [-0.2, -0.15) is 0 Å². The number of aryl methyl sites for hydroxylation is 1. The first-order valence-electron chi connectivity index (χ1n) is 10.2. The molecule has 9 heteroatoms. The maximum atomic E-state index is 13.1. The van der Waals surface area contributed by atoms with Gasteiger partial charge in [-0.1, -0.05) is 53.0 Å². The van der Waals surface area contributed by atoms with Gasteiger partial charge in [0.15, 0.2) is 5.78 Å². The molecule has 1 aliphatic rings. The fraction of sp³-hybridized carbons (Fsp3) is 0.200. The Bertz CT molecular complexity index is 1270. The molecule has 0 radical (unpaired) electrons. The van der Waals surface area contributed by atoms with Crippen molar-refractivity contribution in [2.75, 3.05) is 5.32 Å². The van der Waals surface area contributed by atoms with Crippen molar-refractivity contribution in [2.45, 2.75) is 23.6 Å². The van der Waals surface area contributed by atoms with E-state index in [-0.39, 0.29) is 28.6 Å². The molecule has 4 rings (SSSR count). The van der Waals surface area contributed by atoms with Gasteiger partial charge in [-0.3, -0.25) is 9.59 Å². The summed E-state index contributed by atoms with van der Waals surface area (Å²) < 4.78 is 11.8. The molecule has 0 spiro atoms. The molecule has 0 aromatic heterocycles. The van der Waals surface area contributed by atoms with E-state index in [9.17, 15) is 14.0 Å². The average molecular weight is 560 g/mol. The zero-order valence-electron chi connectivity index (χ0n) is 17.6. The minimum absolute atomic E-state index is 0.0330. The zero-order valence-corrected chi connectivity index (χ0v) is 21.4. The van der Waals surface area contributed by atoms with Crippen molar-refractivity contribution in [3.05, 3.63) is 97.7 Å². The Kier molecular flexibility index (Phi) is 7.19. The van der Waals surface area contributed by atoms with E-state index < -0.39 is 22.1 Å². The van der Waals surface area contributed by atoms with Gasteiger partial charge in [-0.15, -0.1) is 23.2 Å². The van der Waals surface area contributed by atoms with Crippen LogP contribution in [-0.2, 0) is 11.2 Å². The van der Waals surface area contributed by atoms with E-state index in [1.165, 1.54) is 36.4 Å². The quantitative estimate of drug-likeness (QED) is 0.245. The van der Waals surface area contributed by atoms with E-state index in [2.05, 4.69) is 5.32 Å². The summed E-state index contributed by atoms with van der Waals surface area (Å²) in [4.78, 5) is 25.8. The van der Waals surface area contributed by atoms with Crippen molar-refractivity contribution in [1.29, 1.82) is 0 Å². The number of carbonyl (C=O) groups is 2. The summed E-state index contributed by atoms with van der Waals surface area (Å²) in [6, 6.07) is 13.7. The fourth-order valence-corrected chi connectivity index (χ4v) is 5.36. The average Bonchev–Trinajstić information content (AvgIpc) is 3.36. The first-order chi connectivity index (χ1) is 16.0. The summed E-state index contributed by atoms with van der Waals surface area (Å²) in [5, 5.41) is 3.79. The highest BCUT2D eigenvalue weighted by Crippen LogP contribution is 2.65. The van der Waals surface area contributed by atoms with Crippen molar-refractivity contribution in [3.8, 4) is 0 Å². The maximum Gasteiger partial charge on any atom is 0.231 e. The van der Waals surface area contributed by atoms with Gasteiger partial charge in [0.05, 0.1) is 21.0 Å². The molecule has 0 bridgehead atoms. The van der Waals surface area contributed by atoms with Gasteiger partial charge in [0.1, 0.15) is 10.2 Å². The minimum atomic E-state index is -1.32. The third kappa shape index (κ3) is 5.07. The molecule has 1 saturated carbocycles. The molecular weight excluding hydrogens is 543 g/mol. The van der Waals surface area contributed by atoms with Crippen LogP contribution < -0.4 is 5.32 Å². The number of benzene rings is 3. The lowest BCUT2D eigenvalue weighted by atomic mass is 10.0. The third-order valence-corrected chi connectivity index (χ3v) is 7.91. The molecular formula is C25H17Cl5FNO2. The van der Waals surface area contributed by atoms with E-state index in [0.29, 0.717) is 26.9 Å². The highest BCUT2D eigenvalue weighted by molar-refractivity contribution is 6.53. The summed E-state index contributed by atoms with van der Waals surface area (Å²) in [6.07, 6.45) is 0.0330. The number of carbonyl (C=O) groups excluding carboxylic acids is 2. The molecule has 1 fully saturated rings. The number of halogens is 6. The lowest BCUT2D eigenvalue weighted by molar-refractivity contribution is -0.117. The first kappa shape index (κ1) is 25.3. The van der Waals surface area contributed by atoms with Crippen molar-refractivity contribution < 1.29 is 14.0 Å². The Hall–Kier alpha value is -1.82. The van der Waals surface area contributed by atoms with Crippen LogP contribution in [0.15, 0.2) is 54.6 Å². The van der Waals surface area contributed by atoms with Crippen molar-refractivity contribution in [1.82, 2.24) is 0 Å². The van der Waals surface area contributed by atoms with Crippen LogP contribution in [0.1, 0.15) is 33.0 Å². The standard InChI is InChI=1S/C25H17Cl5FNO2/c1-12-8-14(10-19(27)23(12)28)21-22(25(21,29)30)24(34)32-16-6-7-18(26)17(11-16)20(33)9-13-2-4-15(31)5-3-13/h2-8,10-11,21-22H,9H2,1H3,(H,32,34). The van der Waals surface area contributed by atoms with Crippen LogP contribution in [0.3, 0.4) is 0 Å². The Morgan fingerprint density at radius 2 is 1.65 bits per heavy atom. The molecule has 1 aliphatic carbocycles. The zero-order chi connectivity index (χ0) is 24.8. The maximum absolute atomic E-state index is 13.1. The van der Waals surface area contributed by atoms with Crippen molar-refractivity contribution in [3.63, 3.8) is 0 Å². The molecule has 3 aromatic rings. The van der Waals surface area contributed by atoms with Gasteiger partial charge >= 0.3 is 0 Å². The highest BCUT2D eigenvalue weighted by atomic mass is 35.5. The van der Waals surface area contributed by atoms with Crippen LogP contribution in [0.2, 0.25) is 15.1 Å². The van der Waals surface area contributed by atoms with Gasteiger partial charge in [0.25, 0.3) is 0 Å². The van der Waals surface area contributed by atoms with Crippen LogP contribution in [-0.4, -0.2) is 16.0 Å². The number of amides is 1. The Morgan fingerprint density at radius 1 is 0.971 bits per heavy atom. The highest BCUT2D eigenvalue weighted by Gasteiger charge is 2.67. The topological polar surface area (TPSA) is 46.2 Å². The number of ketones is 1. The van der Waals surface area contributed by atoms with E-state index in [1.54, 1.807) is 25.1 Å². The van der Waals surface area contributed by atoms with Gasteiger partial charge in [0.2, 0.25) is 5.91 Å². The summed E-state index contributed by atoms with van der Waals surface area (Å²) in [5.41, 5.74) is 2.71. The second-order valence-corrected chi connectivity index (χ2v) is 10.8. The van der Waals surface area contributed by atoms with Crippen molar-refractivity contribution in [2.24, 2.45) is 5.92 Å². The monoisotopic (exact) mass is 557 g/mol. The number of hydrogen-bond acceptors (Lipinski definition) is 2. The predicted octanol–water partition coefficient (Wildman–Crippen LogP) is 8.05. The first-order valence-corrected chi connectivity index (χ1v) is 12.1. The molecule has 34 heavy (non-hydrogen) atoms. The Balaban J connectivity index is 1.51. The molecule has 2 unspecified atom stereocenters. The summed E-state index contributed by atoms with van der Waals surface area (Å²) in [5.74, 6) is -2.27. The normalized spacial score (nSPS) is 18.4. The van der Waals surface area contributed by atoms with Crippen LogP contribution in [0.4, 0.5) is 10.1 Å². The predicted molar refractivity (Wildman–Crippen MR) is 136 cm³/mol. The molecule has 0 heterocycles. The number of anilines is 1. The van der Waals surface area contributed by atoms with Gasteiger partial charge in [0, 0.05) is 23.6 Å². The molecule has 1 amide bonds. The number of nitrogens with one attached hydrogen (secondary N) is 1. The van der Waals surface area contributed by atoms with E-state index in [4.69, 9.17) is 58.0 Å². The summed E-state index contributed by atoms with van der Waals surface area (Å²) in [6.45, 7) is 1.80. The Labute approximate surface area is 221 Å². The molecule has 1 N–H and O–H groups in total. The van der Waals surface area contributed by atoms with E-state index >= 15 is 0 Å². The molecule has 3 aromatic carbocycles. The smallest absolute Gasteiger partial charge is 0.231 e. The number of rotatable bonds is 6. The van der Waals surface area contributed by atoms with Crippen LogP contribution in [0, 0.1) is 18.7 Å². The number of alkyl halides is 2. The van der Waals surface area contributed by atoms with Crippen molar-refractivity contribution >= 4 is 75.4 Å². The van der Waals surface area contributed by atoms with Crippen LogP contribution >= 0.6 is 58.0 Å². The lowest BCUT2D eigenvalue weighted by Gasteiger charge is -2.10. The largest absolute Gasteiger partial charge is 0.326 e. The molecule has 176 valence electrons. The fourth-order valence-electron chi connectivity index (χ4n) is 3.92.